The molecule has 8 nitrogen and oxygen atoms in total. The van der Waals surface area contributed by atoms with Crippen LogP contribution >= 0.6 is 0 Å². The zero-order valence-corrected chi connectivity index (χ0v) is 14.9. The van der Waals surface area contributed by atoms with Crippen LogP contribution in [0.5, 0.6) is 5.88 Å². The van der Waals surface area contributed by atoms with Crippen molar-refractivity contribution in [3.05, 3.63) is 23.9 Å². The smallest absolute Gasteiger partial charge is 0.259 e. The van der Waals surface area contributed by atoms with Crippen LogP contribution in [0.15, 0.2) is 18.3 Å². The van der Waals surface area contributed by atoms with Crippen molar-refractivity contribution in [2.75, 3.05) is 47.1 Å². The number of rotatable bonds is 6. The Labute approximate surface area is 147 Å². The minimum Gasteiger partial charge on any atom is -0.477 e. The van der Waals surface area contributed by atoms with E-state index in [1.807, 2.05) is 6.92 Å². The predicted octanol–water partition coefficient (Wildman–Crippen LogP) is 0.474. The van der Waals surface area contributed by atoms with Gasteiger partial charge in [-0.25, -0.2) is 4.98 Å². The van der Waals surface area contributed by atoms with Crippen LogP contribution in [0.1, 0.15) is 23.7 Å². The van der Waals surface area contributed by atoms with Gasteiger partial charge in [-0.2, -0.15) is 0 Å². The van der Waals surface area contributed by atoms with Crippen LogP contribution in [0.2, 0.25) is 0 Å². The van der Waals surface area contributed by atoms with Crippen molar-refractivity contribution in [1.29, 1.82) is 0 Å². The highest BCUT2D eigenvalue weighted by Gasteiger charge is 2.39. The van der Waals surface area contributed by atoms with Crippen molar-refractivity contribution >= 4 is 11.8 Å². The van der Waals surface area contributed by atoms with Crippen LogP contribution in [0, 0.1) is 0 Å². The highest BCUT2D eigenvalue weighted by Crippen LogP contribution is 2.24. The maximum Gasteiger partial charge on any atom is 0.259 e. The van der Waals surface area contributed by atoms with Gasteiger partial charge >= 0.3 is 0 Å². The number of amides is 2. The van der Waals surface area contributed by atoms with E-state index in [0.717, 1.165) is 0 Å². The third-order valence-electron chi connectivity index (χ3n) is 4.11. The lowest BCUT2D eigenvalue weighted by atomic mass is 9.98. The number of nitrogens with one attached hydrogen (secondary N) is 1. The van der Waals surface area contributed by atoms with E-state index in [4.69, 9.17) is 14.2 Å². The molecule has 0 saturated carbocycles. The largest absolute Gasteiger partial charge is 0.477 e. The van der Waals surface area contributed by atoms with Gasteiger partial charge in [-0.05, 0) is 19.1 Å². The second-order valence-corrected chi connectivity index (χ2v) is 5.81. The van der Waals surface area contributed by atoms with Crippen LogP contribution in [0.4, 0.5) is 0 Å². The third kappa shape index (κ3) is 4.67. The highest BCUT2D eigenvalue weighted by atomic mass is 16.5. The number of aromatic nitrogens is 1. The van der Waals surface area contributed by atoms with Gasteiger partial charge in [0.2, 0.25) is 11.8 Å². The van der Waals surface area contributed by atoms with Gasteiger partial charge in [-0.15, -0.1) is 0 Å². The lowest BCUT2D eigenvalue weighted by Crippen LogP contribution is -2.50. The van der Waals surface area contributed by atoms with E-state index in [-0.39, 0.29) is 31.4 Å². The quantitative estimate of drug-likeness (QED) is 0.801. The minimum absolute atomic E-state index is 0.106. The normalized spacial score (nSPS) is 20.7. The van der Waals surface area contributed by atoms with Crippen LogP contribution in [-0.4, -0.2) is 74.4 Å². The number of pyridine rings is 1. The summed E-state index contributed by atoms with van der Waals surface area (Å²) in [5, 5.41) is 2.59. The predicted molar refractivity (Wildman–Crippen MR) is 90.6 cm³/mol. The zero-order valence-electron chi connectivity index (χ0n) is 14.9. The summed E-state index contributed by atoms with van der Waals surface area (Å²) < 4.78 is 16.6. The van der Waals surface area contributed by atoms with Gasteiger partial charge in [0.1, 0.15) is 11.2 Å². The summed E-state index contributed by atoms with van der Waals surface area (Å²) in [7, 11) is 3.09. The second kappa shape index (κ2) is 8.77. The van der Waals surface area contributed by atoms with Crippen LogP contribution in [-0.2, 0) is 14.3 Å². The van der Waals surface area contributed by atoms with Crippen LogP contribution < -0.4 is 10.1 Å². The van der Waals surface area contributed by atoms with Gasteiger partial charge in [0.25, 0.3) is 5.91 Å². The lowest BCUT2D eigenvalue weighted by Gasteiger charge is -2.33. The monoisotopic (exact) mass is 351 g/mol. The van der Waals surface area contributed by atoms with E-state index >= 15 is 0 Å². The Morgan fingerprint density at radius 2 is 2.28 bits per heavy atom. The van der Waals surface area contributed by atoms with Gasteiger partial charge in [0, 0.05) is 26.9 Å². The average Bonchev–Trinajstić information content (AvgIpc) is 2.85. The van der Waals surface area contributed by atoms with Gasteiger partial charge in [0.15, 0.2) is 0 Å². The molecular weight excluding hydrogens is 326 g/mol. The molecule has 0 aliphatic carbocycles. The van der Waals surface area contributed by atoms with E-state index in [1.165, 1.54) is 7.11 Å². The molecule has 1 aromatic rings. The molecule has 1 saturated heterocycles. The Morgan fingerprint density at radius 1 is 1.48 bits per heavy atom. The topological polar surface area (TPSA) is 90.0 Å². The fourth-order valence-corrected chi connectivity index (χ4v) is 2.74. The van der Waals surface area contributed by atoms with Crippen LogP contribution in [0.3, 0.4) is 0 Å². The Hall–Kier alpha value is -2.19. The average molecular weight is 351 g/mol. The van der Waals surface area contributed by atoms with E-state index in [2.05, 4.69) is 10.3 Å². The molecule has 1 atom stereocenters. The number of ether oxygens (including phenoxy) is 3. The first kappa shape index (κ1) is 19.1. The summed E-state index contributed by atoms with van der Waals surface area (Å²) in [6.45, 7) is 3.51. The molecular formula is C17H25N3O5. The standard InChI is InChI=1S/C17H25N3O5/c1-4-25-15-13(6-5-7-19-15)16(22)20-8-9-24-12-17(11-20,23-3)10-14(21)18-2/h5-7H,4,8-12H2,1-3H3,(H,18,21)/t17-/m1/s1. The van der Waals surface area contributed by atoms with Gasteiger partial charge < -0.3 is 24.4 Å². The van der Waals surface area contributed by atoms with Crippen molar-refractivity contribution in [2.24, 2.45) is 0 Å². The molecule has 1 aromatic heterocycles. The van der Waals surface area contributed by atoms with E-state index in [1.54, 1.807) is 30.3 Å². The first-order chi connectivity index (χ1) is 12.0. The molecule has 2 rings (SSSR count). The van der Waals surface area contributed by atoms with Crippen molar-refractivity contribution in [1.82, 2.24) is 15.2 Å². The fraction of sp³-hybridized carbons (Fsp3) is 0.588. The number of hydrogen-bond acceptors (Lipinski definition) is 6. The maximum atomic E-state index is 13.0. The number of carbonyl (C=O) groups is 2. The molecule has 0 spiro atoms. The molecule has 1 aliphatic heterocycles. The summed E-state index contributed by atoms with van der Waals surface area (Å²) >= 11 is 0. The molecule has 1 aliphatic rings. The molecule has 0 bridgehead atoms. The van der Waals surface area contributed by atoms with Gasteiger partial charge in [-0.3, -0.25) is 9.59 Å². The number of nitrogens with zero attached hydrogens (tertiary/aromatic N) is 2. The Kier molecular flexibility index (Phi) is 6.72. The summed E-state index contributed by atoms with van der Waals surface area (Å²) in [5.74, 6) is -0.0917. The van der Waals surface area contributed by atoms with Crippen LogP contribution in [0.25, 0.3) is 0 Å². The molecule has 0 unspecified atom stereocenters. The van der Waals surface area contributed by atoms with Crippen molar-refractivity contribution in [2.45, 2.75) is 18.9 Å². The maximum absolute atomic E-state index is 13.0. The van der Waals surface area contributed by atoms with Crippen molar-refractivity contribution in [3.63, 3.8) is 0 Å². The molecule has 0 aromatic carbocycles. The Morgan fingerprint density at radius 3 is 2.96 bits per heavy atom. The molecule has 2 heterocycles. The zero-order chi connectivity index (χ0) is 18.3. The molecule has 0 radical (unpaired) electrons. The number of methoxy groups -OCH3 is 1. The highest BCUT2D eigenvalue weighted by molar-refractivity contribution is 5.96. The summed E-state index contributed by atoms with van der Waals surface area (Å²) in [4.78, 5) is 30.6. The van der Waals surface area contributed by atoms with E-state index in [0.29, 0.717) is 31.2 Å². The van der Waals surface area contributed by atoms with Gasteiger partial charge in [-0.1, -0.05) is 0 Å². The van der Waals surface area contributed by atoms with E-state index in [9.17, 15) is 9.59 Å². The number of hydrogen-bond donors (Lipinski definition) is 1. The second-order valence-electron chi connectivity index (χ2n) is 5.81. The van der Waals surface area contributed by atoms with E-state index < -0.39 is 5.60 Å². The molecule has 2 amide bonds. The first-order valence-electron chi connectivity index (χ1n) is 8.26. The Balaban J connectivity index is 2.25. The lowest BCUT2D eigenvalue weighted by molar-refractivity contribution is -0.131. The Bertz CT molecular complexity index is 610. The number of carbonyl (C=O) groups excluding carboxylic acids is 2. The summed E-state index contributed by atoms with van der Waals surface area (Å²) in [6, 6.07) is 3.37. The molecule has 8 heteroatoms. The molecule has 1 N–H and O–H groups in total. The SMILES string of the molecule is CCOc1ncccc1C(=O)N1CCOC[C@](CC(=O)NC)(OC)C1. The summed E-state index contributed by atoms with van der Waals surface area (Å²) in [5.41, 5.74) is -0.503. The third-order valence-corrected chi connectivity index (χ3v) is 4.11. The van der Waals surface area contributed by atoms with Crippen molar-refractivity contribution < 1.29 is 23.8 Å². The van der Waals surface area contributed by atoms with Crippen molar-refractivity contribution in [3.8, 4) is 5.88 Å². The minimum atomic E-state index is -0.889. The molecule has 1 fully saturated rings. The summed E-state index contributed by atoms with van der Waals surface area (Å²) in [6.07, 6.45) is 1.69. The first-order valence-corrected chi connectivity index (χ1v) is 8.26. The molecule has 138 valence electrons. The molecule has 25 heavy (non-hydrogen) atoms. The van der Waals surface area contributed by atoms with Gasteiger partial charge in [0.05, 0.1) is 32.8 Å². The fourth-order valence-electron chi connectivity index (χ4n) is 2.74.